The van der Waals surface area contributed by atoms with Crippen LogP contribution in [0.25, 0.3) is 10.1 Å². The highest BCUT2D eigenvalue weighted by Gasteiger charge is 2.13. The van der Waals surface area contributed by atoms with Gasteiger partial charge in [0.1, 0.15) is 0 Å². The summed E-state index contributed by atoms with van der Waals surface area (Å²) in [6.07, 6.45) is 2.31. The molecule has 0 aliphatic carbocycles. The van der Waals surface area contributed by atoms with E-state index in [1.807, 2.05) is 17.4 Å². The van der Waals surface area contributed by atoms with Gasteiger partial charge in [-0.3, -0.25) is 0 Å². The number of fused-ring (bicyclic) bond motifs is 1. The summed E-state index contributed by atoms with van der Waals surface area (Å²) in [4.78, 5) is 1.47. The monoisotopic (exact) mass is 295 g/mol. The zero-order valence-electron chi connectivity index (χ0n) is 11.9. The molecular weight excluding hydrogens is 274 g/mol. The standard InChI is InChI=1S/C16H22ClNS/c1-4-7-18-10-16-13(8-11(2)3)14-9-12(17)5-6-15(14)19-16/h5-6,9,11,18H,4,7-8,10H2,1-3H3. The predicted octanol–water partition coefficient (Wildman–Crippen LogP) is 5.25. The van der Waals surface area contributed by atoms with Crippen molar-refractivity contribution in [3.05, 3.63) is 33.7 Å². The molecule has 1 aromatic heterocycles. The third-order valence-corrected chi connectivity index (χ3v) is 4.61. The molecule has 0 atom stereocenters. The SMILES string of the molecule is CCCNCc1sc2ccc(Cl)cc2c1CC(C)C. The molecule has 0 aliphatic rings. The second-order valence-corrected chi connectivity index (χ2v) is 6.99. The number of hydrogen-bond acceptors (Lipinski definition) is 2. The zero-order valence-corrected chi connectivity index (χ0v) is 13.5. The molecule has 0 unspecified atom stereocenters. The highest BCUT2D eigenvalue weighted by molar-refractivity contribution is 7.19. The molecule has 1 aromatic carbocycles. The van der Waals surface area contributed by atoms with E-state index in [9.17, 15) is 0 Å². The van der Waals surface area contributed by atoms with Crippen molar-refractivity contribution in [3.8, 4) is 0 Å². The van der Waals surface area contributed by atoms with E-state index in [0.29, 0.717) is 5.92 Å². The van der Waals surface area contributed by atoms with Crippen LogP contribution in [-0.2, 0) is 13.0 Å². The minimum Gasteiger partial charge on any atom is -0.312 e. The fourth-order valence-corrected chi connectivity index (χ4v) is 3.68. The van der Waals surface area contributed by atoms with E-state index in [-0.39, 0.29) is 0 Å². The lowest BCUT2D eigenvalue weighted by Crippen LogP contribution is -2.14. The molecule has 0 fully saturated rings. The van der Waals surface area contributed by atoms with Crippen LogP contribution in [-0.4, -0.2) is 6.54 Å². The van der Waals surface area contributed by atoms with E-state index < -0.39 is 0 Å². The molecule has 2 rings (SSSR count). The van der Waals surface area contributed by atoms with Crippen LogP contribution < -0.4 is 5.32 Å². The van der Waals surface area contributed by atoms with Crippen LogP contribution in [0.4, 0.5) is 0 Å². The number of thiophene rings is 1. The lowest BCUT2D eigenvalue weighted by Gasteiger charge is -2.08. The third-order valence-electron chi connectivity index (χ3n) is 3.16. The Balaban J connectivity index is 2.37. The second kappa shape index (κ2) is 6.74. The average Bonchev–Trinajstić information content (AvgIpc) is 2.67. The van der Waals surface area contributed by atoms with Gasteiger partial charge in [-0.25, -0.2) is 0 Å². The van der Waals surface area contributed by atoms with Gasteiger partial charge in [0.15, 0.2) is 0 Å². The Morgan fingerprint density at radius 1 is 1.32 bits per heavy atom. The van der Waals surface area contributed by atoms with Crippen LogP contribution in [0.2, 0.25) is 5.02 Å². The first-order valence-electron chi connectivity index (χ1n) is 7.02. The average molecular weight is 296 g/mol. The highest BCUT2D eigenvalue weighted by Crippen LogP contribution is 2.34. The Morgan fingerprint density at radius 3 is 2.79 bits per heavy atom. The van der Waals surface area contributed by atoms with Crippen LogP contribution in [0.15, 0.2) is 18.2 Å². The van der Waals surface area contributed by atoms with E-state index in [2.05, 4.69) is 38.2 Å². The van der Waals surface area contributed by atoms with Crippen LogP contribution >= 0.6 is 22.9 Å². The Hall–Kier alpha value is -0.570. The summed E-state index contributed by atoms with van der Waals surface area (Å²) in [5, 5.41) is 5.70. The van der Waals surface area contributed by atoms with Gasteiger partial charge in [-0.2, -0.15) is 0 Å². The van der Waals surface area contributed by atoms with E-state index in [1.165, 1.54) is 26.9 Å². The summed E-state index contributed by atoms with van der Waals surface area (Å²) >= 11 is 8.06. The molecular formula is C16H22ClNS. The summed E-state index contributed by atoms with van der Waals surface area (Å²) in [6.45, 7) is 8.81. The van der Waals surface area contributed by atoms with Gasteiger partial charge in [0.25, 0.3) is 0 Å². The molecule has 0 saturated carbocycles. The zero-order chi connectivity index (χ0) is 13.8. The molecule has 19 heavy (non-hydrogen) atoms. The van der Waals surface area contributed by atoms with Crippen LogP contribution in [0.1, 0.15) is 37.6 Å². The first-order valence-corrected chi connectivity index (χ1v) is 8.21. The minimum atomic E-state index is 0.668. The van der Waals surface area contributed by atoms with Gasteiger partial charge < -0.3 is 5.32 Å². The molecule has 1 nitrogen and oxygen atoms in total. The number of nitrogens with one attached hydrogen (secondary N) is 1. The van der Waals surface area contributed by atoms with Crippen molar-refractivity contribution in [2.75, 3.05) is 6.54 Å². The van der Waals surface area contributed by atoms with E-state index in [4.69, 9.17) is 11.6 Å². The maximum atomic E-state index is 6.15. The number of hydrogen-bond donors (Lipinski definition) is 1. The molecule has 1 N–H and O–H groups in total. The van der Waals surface area contributed by atoms with Crippen molar-refractivity contribution in [1.29, 1.82) is 0 Å². The van der Waals surface area contributed by atoms with E-state index >= 15 is 0 Å². The van der Waals surface area contributed by atoms with Gasteiger partial charge in [0.2, 0.25) is 0 Å². The number of halogens is 1. The summed E-state index contributed by atoms with van der Waals surface area (Å²) in [5.41, 5.74) is 1.49. The molecule has 0 saturated heterocycles. The van der Waals surface area contributed by atoms with Crippen LogP contribution in [0.5, 0.6) is 0 Å². The van der Waals surface area contributed by atoms with Crippen molar-refractivity contribution in [2.45, 2.75) is 40.2 Å². The lowest BCUT2D eigenvalue weighted by atomic mass is 10.00. The quantitative estimate of drug-likeness (QED) is 0.717. The lowest BCUT2D eigenvalue weighted by molar-refractivity contribution is 0.636. The number of rotatable bonds is 6. The van der Waals surface area contributed by atoms with E-state index in [0.717, 1.165) is 24.5 Å². The Bertz CT molecular complexity index is 545. The molecule has 0 spiro atoms. The summed E-state index contributed by atoms with van der Waals surface area (Å²) in [7, 11) is 0. The summed E-state index contributed by atoms with van der Waals surface area (Å²) in [5.74, 6) is 0.668. The van der Waals surface area contributed by atoms with Gasteiger partial charge in [-0.15, -0.1) is 11.3 Å². The van der Waals surface area contributed by atoms with Crippen LogP contribution in [0, 0.1) is 5.92 Å². The fourth-order valence-electron chi connectivity index (χ4n) is 2.33. The van der Waals surface area contributed by atoms with Crippen molar-refractivity contribution in [3.63, 3.8) is 0 Å². The molecule has 104 valence electrons. The van der Waals surface area contributed by atoms with Gasteiger partial charge in [-0.05, 0) is 54.5 Å². The van der Waals surface area contributed by atoms with Gasteiger partial charge >= 0.3 is 0 Å². The Labute approximate surface area is 125 Å². The topological polar surface area (TPSA) is 12.0 Å². The smallest absolute Gasteiger partial charge is 0.0413 e. The third kappa shape index (κ3) is 3.71. The van der Waals surface area contributed by atoms with Crippen LogP contribution in [0.3, 0.4) is 0 Å². The maximum Gasteiger partial charge on any atom is 0.0413 e. The van der Waals surface area contributed by atoms with Crippen molar-refractivity contribution >= 4 is 33.0 Å². The fraction of sp³-hybridized carbons (Fsp3) is 0.500. The Morgan fingerprint density at radius 2 is 2.11 bits per heavy atom. The summed E-state index contributed by atoms with van der Waals surface area (Å²) in [6, 6.07) is 6.26. The molecule has 2 aromatic rings. The Kier molecular flexibility index (Phi) is 5.26. The van der Waals surface area contributed by atoms with Crippen molar-refractivity contribution in [1.82, 2.24) is 5.32 Å². The molecule has 0 bridgehead atoms. The minimum absolute atomic E-state index is 0.668. The first-order chi connectivity index (χ1) is 9.11. The molecule has 0 radical (unpaired) electrons. The molecule has 1 heterocycles. The first kappa shape index (κ1) is 14.8. The molecule has 3 heteroatoms. The largest absolute Gasteiger partial charge is 0.312 e. The maximum absolute atomic E-state index is 6.15. The highest BCUT2D eigenvalue weighted by atomic mass is 35.5. The molecule has 0 amide bonds. The molecule has 0 aliphatic heterocycles. The van der Waals surface area contributed by atoms with Crippen molar-refractivity contribution in [2.24, 2.45) is 5.92 Å². The number of benzene rings is 1. The predicted molar refractivity (Wildman–Crippen MR) is 87.4 cm³/mol. The second-order valence-electron chi connectivity index (χ2n) is 5.42. The van der Waals surface area contributed by atoms with E-state index in [1.54, 1.807) is 0 Å². The van der Waals surface area contributed by atoms with Gasteiger partial charge in [0.05, 0.1) is 0 Å². The van der Waals surface area contributed by atoms with Crippen molar-refractivity contribution < 1.29 is 0 Å². The van der Waals surface area contributed by atoms with Gasteiger partial charge in [-0.1, -0.05) is 32.4 Å². The normalized spacial score (nSPS) is 11.6. The summed E-state index contributed by atoms with van der Waals surface area (Å²) < 4.78 is 1.35. The van der Waals surface area contributed by atoms with Gasteiger partial charge in [0, 0.05) is 21.1 Å².